The fourth-order valence-electron chi connectivity index (χ4n) is 5.87. The van der Waals surface area contributed by atoms with Crippen LogP contribution in [-0.4, -0.2) is 17.7 Å². The molecule has 0 saturated heterocycles. The molecule has 1 unspecified atom stereocenters. The SMILES string of the molecule is CCCCCCCCCCCCCCCCCCC(CCCCCCCCCCCC)C(C)(C)S(=O)(=O)O. The van der Waals surface area contributed by atoms with E-state index < -0.39 is 14.9 Å². The van der Waals surface area contributed by atoms with Crippen molar-refractivity contribution in [1.82, 2.24) is 0 Å². The molecule has 3 nitrogen and oxygen atoms in total. The van der Waals surface area contributed by atoms with Crippen LogP contribution in [0.4, 0.5) is 0 Å². The standard InChI is InChI=1S/C34H70O3S/c1-5-7-9-11-13-15-17-18-19-20-21-22-24-26-28-30-32-33(34(3,4)38(35,36)37)31-29-27-25-23-16-14-12-10-8-6-2/h33H,5-32H2,1-4H3,(H,35,36,37). The molecule has 0 aliphatic heterocycles. The van der Waals surface area contributed by atoms with Crippen LogP contribution < -0.4 is 0 Å². The molecule has 0 saturated carbocycles. The van der Waals surface area contributed by atoms with Crippen LogP contribution in [-0.2, 0) is 10.1 Å². The summed E-state index contributed by atoms with van der Waals surface area (Å²) in [6.45, 7) is 8.01. The molecule has 1 atom stereocenters. The van der Waals surface area contributed by atoms with Crippen molar-refractivity contribution in [2.75, 3.05) is 0 Å². The summed E-state index contributed by atoms with van der Waals surface area (Å²) >= 11 is 0. The van der Waals surface area contributed by atoms with Gasteiger partial charge in [0, 0.05) is 0 Å². The van der Waals surface area contributed by atoms with Crippen LogP contribution in [0.2, 0.25) is 0 Å². The summed E-state index contributed by atoms with van der Waals surface area (Å²) in [6, 6.07) is 0. The van der Waals surface area contributed by atoms with E-state index >= 15 is 0 Å². The second kappa shape index (κ2) is 25.8. The lowest BCUT2D eigenvalue weighted by Gasteiger charge is -2.31. The van der Waals surface area contributed by atoms with E-state index in [0.717, 1.165) is 25.7 Å². The molecule has 0 amide bonds. The van der Waals surface area contributed by atoms with E-state index in [1.165, 1.54) is 154 Å². The van der Waals surface area contributed by atoms with Crippen LogP contribution in [0.1, 0.15) is 207 Å². The molecule has 0 aromatic rings. The third kappa shape index (κ3) is 21.7. The van der Waals surface area contributed by atoms with Gasteiger partial charge in [0.05, 0.1) is 4.75 Å². The molecule has 0 radical (unpaired) electrons. The number of hydrogen-bond acceptors (Lipinski definition) is 2. The Morgan fingerprint density at radius 2 is 0.658 bits per heavy atom. The minimum absolute atomic E-state index is 0.0539. The molecular formula is C34H70O3S. The molecular weight excluding hydrogens is 488 g/mol. The van der Waals surface area contributed by atoms with Gasteiger partial charge in [-0.2, -0.15) is 8.42 Å². The van der Waals surface area contributed by atoms with Crippen molar-refractivity contribution in [2.24, 2.45) is 5.92 Å². The van der Waals surface area contributed by atoms with E-state index in [0.29, 0.717) is 0 Å². The molecule has 4 heteroatoms. The fraction of sp³-hybridized carbons (Fsp3) is 1.00. The van der Waals surface area contributed by atoms with Crippen molar-refractivity contribution >= 4 is 10.1 Å². The maximum Gasteiger partial charge on any atom is 0.270 e. The van der Waals surface area contributed by atoms with Gasteiger partial charge in [0.2, 0.25) is 0 Å². The van der Waals surface area contributed by atoms with Crippen LogP contribution >= 0.6 is 0 Å². The van der Waals surface area contributed by atoms with E-state index in [1.54, 1.807) is 13.8 Å². The summed E-state index contributed by atoms with van der Waals surface area (Å²) < 4.78 is 33.1. The van der Waals surface area contributed by atoms with Crippen LogP contribution in [0.5, 0.6) is 0 Å². The highest BCUT2D eigenvalue weighted by atomic mass is 32.2. The topological polar surface area (TPSA) is 54.4 Å². The zero-order valence-electron chi connectivity index (χ0n) is 26.5. The highest BCUT2D eigenvalue weighted by Gasteiger charge is 2.40. The van der Waals surface area contributed by atoms with E-state index in [-0.39, 0.29) is 5.92 Å². The minimum atomic E-state index is -4.04. The van der Waals surface area contributed by atoms with Crippen molar-refractivity contribution in [3.63, 3.8) is 0 Å². The van der Waals surface area contributed by atoms with Gasteiger partial charge in [-0.15, -0.1) is 0 Å². The van der Waals surface area contributed by atoms with E-state index in [9.17, 15) is 13.0 Å². The van der Waals surface area contributed by atoms with Gasteiger partial charge >= 0.3 is 0 Å². The normalized spacial score (nSPS) is 13.3. The molecule has 0 rings (SSSR count). The van der Waals surface area contributed by atoms with Crippen LogP contribution in [0.3, 0.4) is 0 Å². The van der Waals surface area contributed by atoms with E-state index in [2.05, 4.69) is 13.8 Å². The first kappa shape index (κ1) is 37.9. The first-order chi connectivity index (χ1) is 18.3. The van der Waals surface area contributed by atoms with Crippen molar-refractivity contribution < 1.29 is 13.0 Å². The summed E-state index contributed by atoms with van der Waals surface area (Å²) in [5.41, 5.74) is 0. The Labute approximate surface area is 240 Å². The smallest absolute Gasteiger partial charge is 0.270 e. The average molecular weight is 559 g/mol. The summed E-state index contributed by atoms with van der Waals surface area (Å²) in [5, 5.41) is 0. The molecule has 0 bridgehead atoms. The predicted octanol–water partition coefficient (Wildman–Crippen LogP) is 12.2. The minimum Gasteiger partial charge on any atom is -0.285 e. The number of rotatable bonds is 30. The van der Waals surface area contributed by atoms with E-state index in [4.69, 9.17) is 0 Å². The summed E-state index contributed by atoms with van der Waals surface area (Å²) in [5.74, 6) is 0.0539. The Kier molecular flexibility index (Phi) is 25.8. The Bertz CT molecular complexity index is 585. The summed E-state index contributed by atoms with van der Waals surface area (Å²) in [7, 11) is -4.04. The van der Waals surface area contributed by atoms with Gasteiger partial charge in [-0.05, 0) is 32.6 Å². The lowest BCUT2D eigenvalue weighted by molar-refractivity contribution is 0.306. The first-order valence-corrected chi connectivity index (χ1v) is 18.7. The summed E-state index contributed by atoms with van der Waals surface area (Å²) in [6.07, 6.45) is 36.4. The van der Waals surface area contributed by atoms with Crippen LogP contribution in [0, 0.1) is 5.92 Å². The lowest BCUT2D eigenvalue weighted by Crippen LogP contribution is -2.39. The molecule has 0 aliphatic rings. The first-order valence-electron chi connectivity index (χ1n) is 17.2. The number of unbranched alkanes of at least 4 members (excludes halogenated alkanes) is 24. The maximum absolute atomic E-state index is 12.1. The van der Waals surface area contributed by atoms with Crippen LogP contribution in [0.15, 0.2) is 0 Å². The largest absolute Gasteiger partial charge is 0.285 e. The monoisotopic (exact) mass is 559 g/mol. The summed E-state index contributed by atoms with van der Waals surface area (Å²) in [4.78, 5) is 0. The third-order valence-electron chi connectivity index (χ3n) is 8.96. The molecule has 0 heterocycles. The molecule has 38 heavy (non-hydrogen) atoms. The van der Waals surface area contributed by atoms with Crippen molar-refractivity contribution in [1.29, 1.82) is 0 Å². The highest BCUT2D eigenvalue weighted by molar-refractivity contribution is 7.87. The Morgan fingerprint density at radius 1 is 0.447 bits per heavy atom. The molecule has 230 valence electrons. The molecule has 0 aromatic heterocycles. The van der Waals surface area contributed by atoms with Gasteiger partial charge in [-0.1, -0.05) is 181 Å². The van der Waals surface area contributed by atoms with E-state index in [1.807, 2.05) is 0 Å². The maximum atomic E-state index is 12.1. The zero-order chi connectivity index (χ0) is 28.4. The lowest BCUT2D eigenvalue weighted by atomic mass is 9.85. The molecule has 0 aromatic carbocycles. The van der Waals surface area contributed by atoms with Crippen molar-refractivity contribution in [3.8, 4) is 0 Å². The predicted molar refractivity (Wildman–Crippen MR) is 170 cm³/mol. The fourth-order valence-corrected chi connectivity index (χ4v) is 6.52. The molecule has 0 spiro atoms. The quantitative estimate of drug-likeness (QED) is 0.0704. The van der Waals surface area contributed by atoms with Gasteiger partial charge in [-0.3, -0.25) is 4.55 Å². The van der Waals surface area contributed by atoms with Gasteiger partial charge < -0.3 is 0 Å². The number of hydrogen-bond donors (Lipinski definition) is 1. The molecule has 0 fully saturated rings. The Hall–Kier alpha value is -0.0900. The molecule has 1 N–H and O–H groups in total. The van der Waals surface area contributed by atoms with Crippen LogP contribution in [0.25, 0.3) is 0 Å². The molecule has 0 aliphatic carbocycles. The van der Waals surface area contributed by atoms with Gasteiger partial charge in [0.15, 0.2) is 0 Å². The average Bonchev–Trinajstić information content (AvgIpc) is 2.87. The zero-order valence-corrected chi connectivity index (χ0v) is 27.4. The highest BCUT2D eigenvalue weighted by Crippen LogP contribution is 2.34. The van der Waals surface area contributed by atoms with Crippen molar-refractivity contribution in [2.45, 2.75) is 212 Å². The van der Waals surface area contributed by atoms with Gasteiger partial charge in [0.25, 0.3) is 10.1 Å². The Balaban J connectivity index is 3.90. The van der Waals surface area contributed by atoms with Gasteiger partial charge in [-0.25, -0.2) is 0 Å². The second-order valence-electron chi connectivity index (χ2n) is 12.8. The van der Waals surface area contributed by atoms with Crippen molar-refractivity contribution in [3.05, 3.63) is 0 Å². The third-order valence-corrected chi connectivity index (χ3v) is 10.6. The second-order valence-corrected chi connectivity index (χ2v) is 14.8. The van der Waals surface area contributed by atoms with Gasteiger partial charge in [0.1, 0.15) is 0 Å². The Morgan fingerprint density at radius 3 is 0.868 bits per heavy atom.